The molecule has 0 saturated carbocycles. The van der Waals surface area contributed by atoms with E-state index < -0.39 is 0 Å². The van der Waals surface area contributed by atoms with Crippen molar-refractivity contribution in [2.45, 2.75) is 5.88 Å². The van der Waals surface area contributed by atoms with Gasteiger partial charge in [0.2, 0.25) is 5.88 Å². The molecule has 0 spiro atoms. The van der Waals surface area contributed by atoms with Crippen LogP contribution in [0.5, 0.6) is 11.6 Å². The zero-order valence-electron chi connectivity index (χ0n) is 8.96. The van der Waals surface area contributed by atoms with E-state index in [1.165, 1.54) is 0 Å². The minimum atomic E-state index is 0.273. The largest absolute Gasteiger partial charge is 0.436 e. The number of ether oxygens (including phenoxy) is 1. The lowest BCUT2D eigenvalue weighted by Crippen LogP contribution is -1.91. The molecule has 1 aromatic carbocycles. The summed E-state index contributed by atoms with van der Waals surface area (Å²) < 4.78 is 5.52. The van der Waals surface area contributed by atoms with Crippen molar-refractivity contribution in [1.82, 2.24) is 4.98 Å². The Morgan fingerprint density at radius 1 is 1.06 bits per heavy atom. The highest BCUT2D eigenvalue weighted by atomic mass is 35.5. The van der Waals surface area contributed by atoms with Crippen LogP contribution in [0, 0.1) is 0 Å². The molecule has 0 aliphatic carbocycles. The molecule has 0 N–H and O–H groups in total. The standard InChI is InChI=1S/C12H7Cl4NO/c13-5-7-3-10(16)12(17-6-7)18-11-2-1-8(14)4-9(11)15/h1-4,6H,5H2. The Bertz CT molecular complexity index is 574. The number of alkyl halides is 1. The molecule has 6 heteroatoms. The number of aromatic nitrogens is 1. The third kappa shape index (κ3) is 3.21. The van der Waals surface area contributed by atoms with Gasteiger partial charge in [-0.05, 0) is 29.8 Å². The molecule has 0 atom stereocenters. The van der Waals surface area contributed by atoms with Crippen LogP contribution >= 0.6 is 46.4 Å². The molecule has 0 bridgehead atoms. The molecule has 2 rings (SSSR count). The summed E-state index contributed by atoms with van der Waals surface area (Å²) in [4.78, 5) is 4.08. The Kier molecular flexibility index (Phi) is 4.57. The van der Waals surface area contributed by atoms with Crippen molar-refractivity contribution in [2.24, 2.45) is 0 Å². The third-order valence-electron chi connectivity index (χ3n) is 2.12. The Balaban J connectivity index is 2.28. The summed E-state index contributed by atoms with van der Waals surface area (Å²) in [5, 5.41) is 1.30. The van der Waals surface area contributed by atoms with Crippen molar-refractivity contribution >= 4 is 46.4 Å². The Morgan fingerprint density at radius 2 is 1.83 bits per heavy atom. The normalized spacial score (nSPS) is 10.4. The number of pyridine rings is 1. The molecule has 0 radical (unpaired) electrons. The van der Waals surface area contributed by atoms with Crippen LogP contribution in [0.25, 0.3) is 0 Å². The zero-order valence-corrected chi connectivity index (χ0v) is 12.0. The second-order valence-corrected chi connectivity index (χ2v) is 4.96. The van der Waals surface area contributed by atoms with E-state index in [1.54, 1.807) is 30.5 Å². The molecule has 1 aromatic heterocycles. The van der Waals surface area contributed by atoms with Gasteiger partial charge in [0.1, 0.15) is 10.8 Å². The van der Waals surface area contributed by atoms with Gasteiger partial charge in [-0.15, -0.1) is 11.6 Å². The van der Waals surface area contributed by atoms with Crippen LogP contribution in [-0.2, 0) is 5.88 Å². The summed E-state index contributed by atoms with van der Waals surface area (Å²) in [5.41, 5.74) is 0.816. The molecule has 18 heavy (non-hydrogen) atoms. The molecular formula is C12H7Cl4NO. The maximum atomic E-state index is 6.03. The average Bonchev–Trinajstić information content (AvgIpc) is 2.34. The first-order valence-electron chi connectivity index (χ1n) is 4.93. The molecule has 1 heterocycles. The van der Waals surface area contributed by atoms with E-state index >= 15 is 0 Å². The van der Waals surface area contributed by atoms with Gasteiger partial charge in [0.15, 0.2) is 0 Å². The molecular weight excluding hydrogens is 316 g/mol. The Labute approximate surface area is 124 Å². The molecule has 2 aromatic rings. The highest BCUT2D eigenvalue weighted by Crippen LogP contribution is 2.33. The average molecular weight is 323 g/mol. The molecule has 0 saturated heterocycles. The number of benzene rings is 1. The topological polar surface area (TPSA) is 22.1 Å². The maximum absolute atomic E-state index is 6.03. The van der Waals surface area contributed by atoms with Crippen molar-refractivity contribution in [3.63, 3.8) is 0 Å². The van der Waals surface area contributed by atoms with Gasteiger partial charge >= 0.3 is 0 Å². The van der Waals surface area contributed by atoms with Gasteiger partial charge in [-0.3, -0.25) is 0 Å². The first-order chi connectivity index (χ1) is 8.60. The highest BCUT2D eigenvalue weighted by Gasteiger charge is 2.09. The van der Waals surface area contributed by atoms with Crippen LogP contribution in [0.4, 0.5) is 0 Å². The quantitative estimate of drug-likeness (QED) is 0.689. The summed E-state index contributed by atoms with van der Waals surface area (Å²) in [6.45, 7) is 0. The van der Waals surface area contributed by atoms with Gasteiger partial charge in [0.05, 0.1) is 5.02 Å². The van der Waals surface area contributed by atoms with Crippen molar-refractivity contribution in [1.29, 1.82) is 0 Å². The number of hydrogen-bond donors (Lipinski definition) is 0. The molecule has 2 nitrogen and oxygen atoms in total. The SMILES string of the molecule is ClCc1cnc(Oc2ccc(Cl)cc2Cl)c(Cl)c1. The van der Waals surface area contributed by atoms with Crippen LogP contribution < -0.4 is 4.74 Å². The van der Waals surface area contributed by atoms with Crippen molar-refractivity contribution in [2.75, 3.05) is 0 Å². The minimum Gasteiger partial charge on any atom is -0.436 e. The smallest absolute Gasteiger partial charge is 0.238 e. The lowest BCUT2D eigenvalue weighted by Gasteiger charge is -2.08. The van der Waals surface area contributed by atoms with Crippen LogP contribution in [0.2, 0.25) is 15.1 Å². The van der Waals surface area contributed by atoms with Crippen LogP contribution in [-0.4, -0.2) is 4.98 Å². The zero-order chi connectivity index (χ0) is 13.1. The fourth-order valence-corrected chi connectivity index (χ4v) is 2.10. The first kappa shape index (κ1) is 13.8. The van der Waals surface area contributed by atoms with Gasteiger partial charge in [-0.2, -0.15) is 0 Å². The lowest BCUT2D eigenvalue weighted by atomic mass is 10.3. The predicted octanol–water partition coefficient (Wildman–Crippen LogP) is 5.57. The monoisotopic (exact) mass is 321 g/mol. The molecule has 0 aliphatic heterocycles. The highest BCUT2D eigenvalue weighted by molar-refractivity contribution is 6.35. The van der Waals surface area contributed by atoms with Gasteiger partial charge in [-0.1, -0.05) is 34.8 Å². The maximum Gasteiger partial charge on any atom is 0.238 e. The Hall–Kier alpha value is -0.670. The fraction of sp³-hybridized carbons (Fsp3) is 0.0833. The number of nitrogens with zero attached hydrogens (tertiary/aromatic N) is 1. The summed E-state index contributed by atoms with van der Waals surface area (Å²) in [5.74, 6) is 1.05. The lowest BCUT2D eigenvalue weighted by molar-refractivity contribution is 0.463. The van der Waals surface area contributed by atoms with Gasteiger partial charge in [-0.25, -0.2) is 4.98 Å². The summed E-state index contributed by atoms with van der Waals surface area (Å²) >= 11 is 23.5. The van der Waals surface area contributed by atoms with E-state index in [0.717, 1.165) is 5.56 Å². The van der Waals surface area contributed by atoms with E-state index in [9.17, 15) is 0 Å². The molecule has 0 fully saturated rings. The van der Waals surface area contributed by atoms with E-state index in [0.29, 0.717) is 26.7 Å². The minimum absolute atomic E-state index is 0.273. The second-order valence-electron chi connectivity index (χ2n) is 3.44. The molecule has 94 valence electrons. The molecule has 0 amide bonds. The van der Waals surface area contributed by atoms with Crippen molar-refractivity contribution < 1.29 is 4.74 Å². The van der Waals surface area contributed by atoms with E-state index in [4.69, 9.17) is 51.1 Å². The third-order valence-corrected chi connectivity index (χ3v) is 3.23. The number of rotatable bonds is 3. The summed E-state index contributed by atoms with van der Waals surface area (Å²) in [6, 6.07) is 6.60. The van der Waals surface area contributed by atoms with Crippen LogP contribution in [0.15, 0.2) is 30.5 Å². The number of halogens is 4. The summed E-state index contributed by atoms with van der Waals surface area (Å²) in [6.07, 6.45) is 1.60. The van der Waals surface area contributed by atoms with Gasteiger partial charge in [0, 0.05) is 17.1 Å². The van der Waals surface area contributed by atoms with Crippen LogP contribution in [0.3, 0.4) is 0 Å². The van der Waals surface area contributed by atoms with Crippen LogP contribution in [0.1, 0.15) is 5.56 Å². The van der Waals surface area contributed by atoms with E-state index in [-0.39, 0.29) is 5.88 Å². The predicted molar refractivity (Wildman–Crippen MR) is 75.3 cm³/mol. The molecule has 0 aliphatic rings. The Morgan fingerprint density at radius 3 is 2.44 bits per heavy atom. The van der Waals surface area contributed by atoms with E-state index in [1.807, 2.05) is 0 Å². The van der Waals surface area contributed by atoms with Gasteiger partial charge < -0.3 is 4.74 Å². The second kappa shape index (κ2) is 5.98. The first-order valence-corrected chi connectivity index (χ1v) is 6.60. The van der Waals surface area contributed by atoms with Gasteiger partial charge in [0.25, 0.3) is 0 Å². The van der Waals surface area contributed by atoms with Crippen molar-refractivity contribution in [3.05, 3.63) is 51.1 Å². The molecule has 0 unspecified atom stereocenters. The summed E-state index contributed by atoms with van der Waals surface area (Å²) in [7, 11) is 0. The number of hydrogen-bond acceptors (Lipinski definition) is 2. The van der Waals surface area contributed by atoms with Crippen molar-refractivity contribution in [3.8, 4) is 11.6 Å². The fourth-order valence-electron chi connectivity index (χ4n) is 1.28. The van der Waals surface area contributed by atoms with E-state index in [2.05, 4.69) is 4.98 Å².